The van der Waals surface area contributed by atoms with Crippen molar-refractivity contribution < 1.29 is 23.8 Å². The van der Waals surface area contributed by atoms with Gasteiger partial charge in [0.1, 0.15) is 17.1 Å². The lowest BCUT2D eigenvalue weighted by atomic mass is 10.1. The third-order valence-corrected chi connectivity index (χ3v) is 5.23. The van der Waals surface area contributed by atoms with Gasteiger partial charge < -0.3 is 14.4 Å². The zero-order chi connectivity index (χ0) is 22.1. The van der Waals surface area contributed by atoms with Crippen LogP contribution >= 0.6 is 0 Å². The van der Waals surface area contributed by atoms with Crippen molar-refractivity contribution in [1.29, 1.82) is 0 Å². The second-order valence-electron chi connectivity index (χ2n) is 7.31. The summed E-state index contributed by atoms with van der Waals surface area (Å²) >= 11 is 0. The van der Waals surface area contributed by atoms with Crippen LogP contribution in [0.5, 0.6) is 5.75 Å². The van der Waals surface area contributed by atoms with Crippen LogP contribution in [0.3, 0.4) is 0 Å². The number of Topliss-reactive ketones (excluding diaryl/α,β-unsaturated/α-hetero) is 1. The minimum absolute atomic E-state index is 0.00304. The Morgan fingerprint density at radius 3 is 2.26 bits per heavy atom. The van der Waals surface area contributed by atoms with Crippen LogP contribution in [0.4, 0.5) is 4.39 Å². The fraction of sp³-hybridized carbons (Fsp3) is 0.120. The van der Waals surface area contributed by atoms with Crippen molar-refractivity contribution in [1.82, 2.24) is 4.57 Å². The zero-order valence-electron chi connectivity index (χ0n) is 17.1. The van der Waals surface area contributed by atoms with Gasteiger partial charge in [-0.25, -0.2) is 9.18 Å². The second-order valence-corrected chi connectivity index (χ2v) is 7.31. The zero-order valence-corrected chi connectivity index (χ0v) is 17.1. The number of aromatic hydroxyl groups is 1. The first-order valence-corrected chi connectivity index (χ1v) is 9.72. The number of fused-ring (bicyclic) bond motifs is 1. The fourth-order valence-electron chi connectivity index (χ4n) is 3.71. The van der Waals surface area contributed by atoms with Crippen LogP contribution in [-0.2, 0) is 4.74 Å². The number of hydrogen-bond acceptors (Lipinski definition) is 4. The monoisotopic (exact) mass is 417 g/mol. The van der Waals surface area contributed by atoms with Crippen molar-refractivity contribution >= 4 is 22.5 Å². The van der Waals surface area contributed by atoms with Gasteiger partial charge >= 0.3 is 5.97 Å². The van der Waals surface area contributed by atoms with Crippen LogP contribution in [0, 0.1) is 19.7 Å². The molecule has 5 nitrogen and oxygen atoms in total. The molecule has 156 valence electrons. The highest BCUT2D eigenvalue weighted by molar-refractivity contribution is 6.02. The lowest BCUT2D eigenvalue weighted by Crippen LogP contribution is -2.15. The van der Waals surface area contributed by atoms with Crippen molar-refractivity contribution in [3.05, 3.63) is 95.1 Å². The SMILES string of the molecule is Cc1cc(C(=O)COC(=O)c2cc3ccccc3cc2O)c(C)n1-c1ccc(F)cc1. The van der Waals surface area contributed by atoms with Crippen LogP contribution in [0.15, 0.2) is 66.7 Å². The summed E-state index contributed by atoms with van der Waals surface area (Å²) in [6.45, 7) is 3.16. The third-order valence-electron chi connectivity index (χ3n) is 5.23. The first kappa shape index (κ1) is 20.3. The number of ketones is 1. The number of aromatic nitrogens is 1. The lowest BCUT2D eigenvalue weighted by molar-refractivity contribution is 0.0472. The Labute approximate surface area is 178 Å². The van der Waals surface area contributed by atoms with Crippen LogP contribution in [0.2, 0.25) is 0 Å². The number of aryl methyl sites for hydroxylation is 1. The van der Waals surface area contributed by atoms with E-state index in [1.54, 1.807) is 25.1 Å². The van der Waals surface area contributed by atoms with E-state index in [-0.39, 0.29) is 22.9 Å². The van der Waals surface area contributed by atoms with Gasteiger partial charge in [-0.2, -0.15) is 0 Å². The molecule has 0 aliphatic rings. The van der Waals surface area contributed by atoms with Crippen molar-refractivity contribution in [2.75, 3.05) is 6.61 Å². The smallest absolute Gasteiger partial charge is 0.342 e. The van der Waals surface area contributed by atoms with Crippen LogP contribution in [0.25, 0.3) is 16.5 Å². The second kappa shape index (κ2) is 8.07. The van der Waals surface area contributed by atoms with Crippen LogP contribution in [0.1, 0.15) is 32.1 Å². The van der Waals surface area contributed by atoms with Crippen LogP contribution in [-0.4, -0.2) is 28.0 Å². The molecule has 1 aromatic heterocycles. The number of phenols is 1. The highest BCUT2D eigenvalue weighted by Crippen LogP contribution is 2.26. The molecule has 0 radical (unpaired) electrons. The van der Waals surface area contributed by atoms with Gasteiger partial charge in [0.2, 0.25) is 5.78 Å². The number of carbonyl (C=O) groups is 2. The Hall–Kier alpha value is -3.93. The number of nitrogens with zero attached hydrogens (tertiary/aromatic N) is 1. The molecule has 0 spiro atoms. The molecule has 0 amide bonds. The van der Waals surface area contributed by atoms with E-state index in [2.05, 4.69) is 0 Å². The predicted molar refractivity (Wildman–Crippen MR) is 115 cm³/mol. The molecule has 0 saturated heterocycles. The number of hydrogen-bond donors (Lipinski definition) is 1. The van der Waals surface area contributed by atoms with Gasteiger partial charge in [0.05, 0.1) is 0 Å². The molecule has 0 aliphatic carbocycles. The lowest BCUT2D eigenvalue weighted by Gasteiger charge is -2.10. The van der Waals surface area contributed by atoms with Crippen LogP contribution < -0.4 is 0 Å². The molecular weight excluding hydrogens is 397 g/mol. The number of benzene rings is 3. The van der Waals surface area contributed by atoms with Gasteiger partial charge in [-0.1, -0.05) is 24.3 Å². The summed E-state index contributed by atoms with van der Waals surface area (Å²) < 4.78 is 20.3. The topological polar surface area (TPSA) is 68.5 Å². The van der Waals surface area contributed by atoms with E-state index < -0.39 is 12.6 Å². The largest absolute Gasteiger partial charge is 0.507 e. The molecule has 31 heavy (non-hydrogen) atoms. The molecule has 0 bridgehead atoms. The molecular formula is C25H20FNO4. The first-order valence-electron chi connectivity index (χ1n) is 9.72. The molecule has 0 fully saturated rings. The van der Waals surface area contributed by atoms with Gasteiger partial charge in [-0.15, -0.1) is 0 Å². The summed E-state index contributed by atoms with van der Waals surface area (Å²) in [4.78, 5) is 25.2. The molecule has 3 aromatic carbocycles. The summed E-state index contributed by atoms with van der Waals surface area (Å²) in [7, 11) is 0. The van der Waals surface area contributed by atoms with E-state index in [4.69, 9.17) is 4.74 Å². The Kier molecular flexibility index (Phi) is 5.29. The minimum Gasteiger partial charge on any atom is -0.507 e. The highest BCUT2D eigenvalue weighted by Gasteiger charge is 2.20. The third kappa shape index (κ3) is 3.92. The maximum absolute atomic E-state index is 13.2. The van der Waals surface area contributed by atoms with Gasteiger partial charge in [0.25, 0.3) is 0 Å². The summed E-state index contributed by atoms with van der Waals surface area (Å²) in [5.41, 5.74) is 2.61. The van der Waals surface area contributed by atoms with Crippen molar-refractivity contribution in [3.8, 4) is 11.4 Å². The number of ether oxygens (including phenoxy) is 1. The molecule has 4 aromatic rings. The molecule has 6 heteroatoms. The van der Waals surface area contributed by atoms with Crippen molar-refractivity contribution in [2.45, 2.75) is 13.8 Å². The average molecular weight is 417 g/mol. The molecule has 1 heterocycles. The number of esters is 1. The van der Waals surface area contributed by atoms with E-state index in [1.165, 1.54) is 24.3 Å². The van der Waals surface area contributed by atoms with Gasteiger partial charge in [0.15, 0.2) is 6.61 Å². The molecule has 0 aliphatic heterocycles. The number of rotatable bonds is 5. The number of phenolic OH excluding ortho intramolecular Hbond substituents is 1. The Balaban J connectivity index is 1.53. The summed E-state index contributed by atoms with van der Waals surface area (Å²) in [5, 5.41) is 11.7. The predicted octanol–water partition coefficient (Wildman–Crippen LogP) is 5.13. The van der Waals surface area contributed by atoms with E-state index in [9.17, 15) is 19.1 Å². The minimum atomic E-state index is -0.774. The molecule has 0 atom stereocenters. The molecule has 0 unspecified atom stereocenters. The van der Waals surface area contributed by atoms with E-state index in [0.717, 1.165) is 22.2 Å². The normalized spacial score (nSPS) is 10.9. The first-order chi connectivity index (χ1) is 14.8. The Bertz CT molecular complexity index is 1310. The summed E-state index contributed by atoms with van der Waals surface area (Å²) in [5.74, 6) is -1.68. The van der Waals surface area contributed by atoms with Crippen molar-refractivity contribution in [3.63, 3.8) is 0 Å². The fourth-order valence-corrected chi connectivity index (χ4v) is 3.71. The van der Waals surface area contributed by atoms with Gasteiger partial charge in [-0.3, -0.25) is 4.79 Å². The average Bonchev–Trinajstić information content (AvgIpc) is 3.06. The molecule has 1 N–H and O–H groups in total. The Morgan fingerprint density at radius 2 is 1.58 bits per heavy atom. The number of carbonyl (C=O) groups excluding carboxylic acids is 2. The molecule has 0 saturated carbocycles. The van der Waals surface area contributed by atoms with E-state index in [0.29, 0.717) is 11.3 Å². The van der Waals surface area contributed by atoms with E-state index in [1.807, 2.05) is 35.8 Å². The number of halogens is 1. The van der Waals surface area contributed by atoms with Crippen molar-refractivity contribution in [2.24, 2.45) is 0 Å². The summed E-state index contributed by atoms with van der Waals surface area (Å²) in [6.07, 6.45) is 0. The maximum Gasteiger partial charge on any atom is 0.342 e. The summed E-state index contributed by atoms with van der Waals surface area (Å²) in [6, 6.07) is 18.0. The highest BCUT2D eigenvalue weighted by atomic mass is 19.1. The quantitative estimate of drug-likeness (QED) is 0.361. The van der Waals surface area contributed by atoms with Gasteiger partial charge in [-0.05, 0) is 67.1 Å². The molecule has 4 rings (SSSR count). The standard InChI is InChI=1S/C25H20FNO4/c1-15-11-21(16(2)27(15)20-9-7-19(26)8-10-20)24(29)14-31-25(30)22-12-17-5-3-4-6-18(17)13-23(22)28/h3-13,28H,14H2,1-2H3. The van der Waals surface area contributed by atoms with Gasteiger partial charge in [0, 0.05) is 22.6 Å². The maximum atomic E-state index is 13.2. The van der Waals surface area contributed by atoms with E-state index >= 15 is 0 Å². The Morgan fingerprint density at radius 1 is 0.935 bits per heavy atom.